The molecule has 0 spiro atoms. The fourth-order valence-electron chi connectivity index (χ4n) is 2.40. The largest absolute Gasteiger partial charge is 0.378 e. The molecule has 0 unspecified atom stereocenters. The van der Waals surface area contributed by atoms with Crippen LogP contribution in [0.4, 0.5) is 11.5 Å². The second-order valence-corrected chi connectivity index (χ2v) is 5.16. The van der Waals surface area contributed by atoms with Crippen LogP contribution in [0.1, 0.15) is 11.1 Å². The summed E-state index contributed by atoms with van der Waals surface area (Å²) in [6.07, 6.45) is 1.57. The fourth-order valence-corrected chi connectivity index (χ4v) is 2.40. The highest BCUT2D eigenvalue weighted by Gasteiger charge is 2.10. The van der Waals surface area contributed by atoms with Crippen molar-refractivity contribution >= 4 is 11.5 Å². The van der Waals surface area contributed by atoms with Gasteiger partial charge in [-0.15, -0.1) is 0 Å². The number of nitrogens with zero attached hydrogens (tertiary/aromatic N) is 3. The molecule has 0 saturated carbocycles. The zero-order valence-corrected chi connectivity index (χ0v) is 12.3. The monoisotopic (exact) mass is 294 g/mol. The average Bonchev–Trinajstić information content (AvgIpc) is 2.61. The number of hydrogen-bond acceptors (Lipinski definition) is 5. The van der Waals surface area contributed by atoms with Crippen molar-refractivity contribution in [2.24, 2.45) is 0 Å². The Hall–Kier alpha value is -2.58. The van der Waals surface area contributed by atoms with Crippen LogP contribution in [0.3, 0.4) is 0 Å². The van der Waals surface area contributed by atoms with Crippen molar-refractivity contribution in [1.29, 1.82) is 5.26 Å². The molecule has 0 aliphatic carbocycles. The Morgan fingerprint density at radius 3 is 2.55 bits per heavy atom. The number of hydrogen-bond donors (Lipinski definition) is 1. The third kappa shape index (κ3) is 3.54. The Balaban J connectivity index is 1.57. The molecule has 1 aliphatic rings. The summed E-state index contributed by atoms with van der Waals surface area (Å²) >= 11 is 0. The minimum Gasteiger partial charge on any atom is -0.378 e. The predicted octanol–water partition coefficient (Wildman–Crippen LogP) is 2.40. The lowest BCUT2D eigenvalue weighted by Crippen LogP contribution is -2.36. The minimum atomic E-state index is 0.570. The van der Waals surface area contributed by atoms with Gasteiger partial charge in [0.25, 0.3) is 0 Å². The molecular weight excluding hydrogens is 276 g/mol. The summed E-state index contributed by atoms with van der Waals surface area (Å²) < 4.78 is 5.37. The third-order valence-electron chi connectivity index (χ3n) is 3.68. The Morgan fingerprint density at radius 2 is 1.91 bits per heavy atom. The highest BCUT2D eigenvalue weighted by Crippen LogP contribution is 2.17. The van der Waals surface area contributed by atoms with Gasteiger partial charge in [-0.1, -0.05) is 12.1 Å². The van der Waals surface area contributed by atoms with E-state index in [1.54, 1.807) is 12.3 Å². The molecule has 2 heterocycles. The number of pyridine rings is 1. The van der Waals surface area contributed by atoms with Gasteiger partial charge in [0, 0.05) is 31.5 Å². The van der Waals surface area contributed by atoms with Crippen molar-refractivity contribution in [3.05, 3.63) is 53.7 Å². The summed E-state index contributed by atoms with van der Waals surface area (Å²) in [5.74, 6) is 0.774. The Morgan fingerprint density at radius 1 is 1.14 bits per heavy atom. The Bertz CT molecular complexity index is 640. The van der Waals surface area contributed by atoms with E-state index in [-0.39, 0.29) is 0 Å². The smallest absolute Gasteiger partial charge is 0.126 e. The molecule has 112 valence electrons. The van der Waals surface area contributed by atoms with Gasteiger partial charge in [-0.25, -0.2) is 4.98 Å². The number of aromatic nitrogens is 1. The van der Waals surface area contributed by atoms with Crippen LogP contribution in [-0.2, 0) is 11.3 Å². The van der Waals surface area contributed by atoms with E-state index in [1.807, 2.05) is 6.07 Å². The normalized spacial score (nSPS) is 14.4. The summed E-state index contributed by atoms with van der Waals surface area (Å²) in [7, 11) is 0. The van der Waals surface area contributed by atoms with Crippen molar-refractivity contribution in [2.75, 3.05) is 36.5 Å². The van der Waals surface area contributed by atoms with E-state index < -0.39 is 0 Å². The molecule has 0 atom stereocenters. The highest BCUT2D eigenvalue weighted by atomic mass is 16.5. The molecular formula is C17H18N4O. The average molecular weight is 294 g/mol. The minimum absolute atomic E-state index is 0.570. The van der Waals surface area contributed by atoms with Crippen molar-refractivity contribution in [2.45, 2.75) is 6.54 Å². The molecule has 0 bridgehead atoms. The van der Waals surface area contributed by atoms with Crippen LogP contribution < -0.4 is 10.2 Å². The maximum atomic E-state index is 8.75. The lowest BCUT2D eigenvalue weighted by atomic mass is 10.2. The Labute approximate surface area is 130 Å². The van der Waals surface area contributed by atoms with Crippen LogP contribution in [-0.4, -0.2) is 31.3 Å². The first-order chi connectivity index (χ1) is 10.8. The number of morpholine rings is 1. The van der Waals surface area contributed by atoms with Gasteiger partial charge in [0.15, 0.2) is 0 Å². The first kappa shape index (κ1) is 14.4. The van der Waals surface area contributed by atoms with Gasteiger partial charge >= 0.3 is 0 Å². The van der Waals surface area contributed by atoms with Crippen LogP contribution in [0.2, 0.25) is 0 Å². The van der Waals surface area contributed by atoms with Crippen LogP contribution in [0.25, 0.3) is 0 Å². The molecule has 3 rings (SSSR count). The maximum Gasteiger partial charge on any atom is 0.126 e. The lowest BCUT2D eigenvalue weighted by molar-refractivity contribution is 0.122. The summed E-state index contributed by atoms with van der Waals surface area (Å²) in [4.78, 5) is 6.54. The van der Waals surface area contributed by atoms with E-state index in [2.05, 4.69) is 45.5 Å². The van der Waals surface area contributed by atoms with Gasteiger partial charge in [0.05, 0.1) is 18.8 Å². The number of nitriles is 1. The highest BCUT2D eigenvalue weighted by molar-refractivity contribution is 5.48. The van der Waals surface area contributed by atoms with E-state index in [0.717, 1.165) is 32.1 Å². The summed E-state index contributed by atoms with van der Waals surface area (Å²) in [5.41, 5.74) is 3.01. The summed E-state index contributed by atoms with van der Waals surface area (Å²) in [5, 5.41) is 12.0. The zero-order valence-electron chi connectivity index (χ0n) is 12.3. The molecule has 0 radical (unpaired) electrons. The number of rotatable bonds is 4. The second kappa shape index (κ2) is 6.92. The Kier molecular flexibility index (Phi) is 4.52. The zero-order chi connectivity index (χ0) is 15.2. The summed E-state index contributed by atoms with van der Waals surface area (Å²) in [6.45, 7) is 4.21. The van der Waals surface area contributed by atoms with E-state index >= 15 is 0 Å². The topological polar surface area (TPSA) is 61.2 Å². The van der Waals surface area contributed by atoms with E-state index in [9.17, 15) is 0 Å². The summed E-state index contributed by atoms with van der Waals surface area (Å²) in [6, 6.07) is 14.2. The quantitative estimate of drug-likeness (QED) is 0.938. The lowest BCUT2D eigenvalue weighted by Gasteiger charge is -2.28. The fraction of sp³-hybridized carbons (Fsp3) is 0.294. The van der Waals surface area contributed by atoms with Crippen molar-refractivity contribution in [3.8, 4) is 6.07 Å². The van der Waals surface area contributed by atoms with E-state index in [1.165, 1.54) is 11.3 Å². The predicted molar refractivity (Wildman–Crippen MR) is 85.8 cm³/mol. The number of ether oxygens (including phenoxy) is 1. The van der Waals surface area contributed by atoms with Gasteiger partial charge in [0.1, 0.15) is 11.9 Å². The molecule has 5 heteroatoms. The first-order valence-electron chi connectivity index (χ1n) is 7.37. The number of nitrogens with one attached hydrogen (secondary N) is 1. The second-order valence-electron chi connectivity index (χ2n) is 5.16. The van der Waals surface area contributed by atoms with Gasteiger partial charge in [-0.05, 0) is 29.8 Å². The number of anilines is 2. The van der Waals surface area contributed by atoms with Crippen LogP contribution >= 0.6 is 0 Å². The van der Waals surface area contributed by atoms with Gasteiger partial charge in [0.2, 0.25) is 0 Å². The van der Waals surface area contributed by atoms with Crippen LogP contribution in [0.5, 0.6) is 0 Å². The molecule has 1 saturated heterocycles. The van der Waals surface area contributed by atoms with Gasteiger partial charge in [-0.3, -0.25) is 0 Å². The van der Waals surface area contributed by atoms with E-state index in [0.29, 0.717) is 12.1 Å². The molecule has 1 aromatic heterocycles. The molecule has 1 aliphatic heterocycles. The van der Waals surface area contributed by atoms with Crippen molar-refractivity contribution in [3.63, 3.8) is 0 Å². The van der Waals surface area contributed by atoms with Crippen LogP contribution in [0, 0.1) is 11.3 Å². The van der Waals surface area contributed by atoms with Crippen molar-refractivity contribution in [1.82, 2.24) is 4.98 Å². The molecule has 1 N–H and O–H groups in total. The molecule has 0 amide bonds. The maximum absolute atomic E-state index is 8.75. The van der Waals surface area contributed by atoms with Crippen LogP contribution in [0.15, 0.2) is 42.6 Å². The molecule has 1 fully saturated rings. The SMILES string of the molecule is N#Cc1ccc(NCc2ccc(N3CCOCC3)cc2)nc1. The van der Waals surface area contributed by atoms with Gasteiger partial charge in [-0.2, -0.15) is 5.26 Å². The number of benzene rings is 1. The standard InChI is InChI=1S/C17H18N4O/c18-11-15-3-6-17(20-13-15)19-12-14-1-4-16(5-2-14)21-7-9-22-10-8-21/h1-6,13H,7-10,12H2,(H,19,20). The van der Waals surface area contributed by atoms with E-state index in [4.69, 9.17) is 10.00 Å². The van der Waals surface area contributed by atoms with Gasteiger partial charge < -0.3 is 15.0 Å². The first-order valence-corrected chi connectivity index (χ1v) is 7.37. The van der Waals surface area contributed by atoms with Crippen molar-refractivity contribution < 1.29 is 4.74 Å². The molecule has 5 nitrogen and oxygen atoms in total. The molecule has 22 heavy (non-hydrogen) atoms. The molecule has 2 aromatic rings. The third-order valence-corrected chi connectivity index (χ3v) is 3.68. The molecule has 1 aromatic carbocycles.